The van der Waals surface area contributed by atoms with Crippen molar-refractivity contribution in [1.29, 1.82) is 0 Å². The van der Waals surface area contributed by atoms with Crippen LogP contribution in [-0.2, 0) is 11.0 Å². The van der Waals surface area contributed by atoms with Crippen LogP contribution in [-0.4, -0.2) is 59.5 Å². The number of benzene rings is 1. The van der Waals surface area contributed by atoms with E-state index < -0.39 is 11.7 Å². The molecule has 2 aliphatic rings. The molecule has 2 amide bonds. The predicted octanol–water partition coefficient (Wildman–Crippen LogP) is 5.12. The molecule has 212 valence electrons. The van der Waals surface area contributed by atoms with Gasteiger partial charge in [0, 0.05) is 43.9 Å². The van der Waals surface area contributed by atoms with E-state index in [9.17, 15) is 22.8 Å². The second-order valence-corrected chi connectivity index (χ2v) is 9.92. The molecular weight excluding hydrogens is 513 g/mol. The van der Waals surface area contributed by atoms with Crippen molar-refractivity contribution in [1.82, 2.24) is 20.2 Å². The number of ether oxygens (including phenoxy) is 1. The van der Waals surface area contributed by atoms with Gasteiger partial charge in [0.15, 0.2) is 0 Å². The number of alkyl halides is 3. The van der Waals surface area contributed by atoms with Crippen LogP contribution in [0.2, 0.25) is 0 Å². The Kier molecular flexibility index (Phi) is 9.47. The maximum absolute atomic E-state index is 13.6. The number of carbonyl (C=O) groups excluding carboxylic acids is 2. The van der Waals surface area contributed by atoms with Gasteiger partial charge in [-0.2, -0.15) is 18.2 Å². The first kappa shape index (κ1) is 28.4. The zero-order valence-corrected chi connectivity index (χ0v) is 22.1. The lowest BCUT2D eigenvalue weighted by atomic mass is 9.95. The highest BCUT2D eigenvalue weighted by Crippen LogP contribution is 2.35. The Morgan fingerprint density at radius 1 is 1.15 bits per heavy atom. The average Bonchev–Trinajstić information content (AvgIpc) is 2.92. The minimum absolute atomic E-state index is 0.0607. The zero-order chi connectivity index (χ0) is 27.8. The molecule has 1 saturated carbocycles. The number of carbonyl (C=O) groups is 2. The van der Waals surface area contributed by atoms with Crippen molar-refractivity contribution in [2.24, 2.45) is 0 Å². The van der Waals surface area contributed by atoms with Crippen molar-refractivity contribution in [2.45, 2.75) is 70.0 Å². The van der Waals surface area contributed by atoms with Gasteiger partial charge in [0.05, 0.1) is 12.8 Å². The fraction of sp³-hybridized carbons (Fsp3) is 0.556. The second kappa shape index (κ2) is 13.0. The molecule has 2 fully saturated rings. The van der Waals surface area contributed by atoms with Crippen LogP contribution >= 0.6 is 0 Å². The van der Waals surface area contributed by atoms with Gasteiger partial charge >= 0.3 is 6.18 Å². The van der Waals surface area contributed by atoms with Gasteiger partial charge in [-0.05, 0) is 50.3 Å². The van der Waals surface area contributed by atoms with Gasteiger partial charge in [0.1, 0.15) is 17.1 Å². The second-order valence-electron chi connectivity index (χ2n) is 9.92. The number of amides is 2. The highest BCUT2D eigenvalue weighted by molar-refractivity contribution is 5.95. The van der Waals surface area contributed by atoms with Crippen molar-refractivity contribution < 1.29 is 27.5 Å². The van der Waals surface area contributed by atoms with Gasteiger partial charge in [0.2, 0.25) is 11.9 Å². The summed E-state index contributed by atoms with van der Waals surface area (Å²) in [7, 11) is 1.44. The molecule has 2 heterocycles. The number of nitrogens with zero attached hydrogens (tertiary/aromatic N) is 3. The SMILES string of the molecule is COc1cc(C(=O)NC2CCCCC2)ccc1Nc1ncc(C(F)(F)F)c(NCCCN2CCCCC2=O)n1. The van der Waals surface area contributed by atoms with E-state index in [4.69, 9.17) is 4.74 Å². The van der Waals surface area contributed by atoms with Crippen molar-refractivity contribution in [3.63, 3.8) is 0 Å². The summed E-state index contributed by atoms with van der Waals surface area (Å²) < 4.78 is 46.3. The number of nitrogens with one attached hydrogen (secondary N) is 3. The number of hydrogen-bond donors (Lipinski definition) is 3. The third-order valence-electron chi connectivity index (χ3n) is 7.06. The topological polar surface area (TPSA) is 108 Å². The number of piperidine rings is 1. The highest BCUT2D eigenvalue weighted by atomic mass is 19.4. The summed E-state index contributed by atoms with van der Waals surface area (Å²) in [4.78, 5) is 34.4. The molecule has 2 aromatic rings. The fourth-order valence-corrected chi connectivity index (χ4v) is 4.93. The summed E-state index contributed by atoms with van der Waals surface area (Å²) in [5.41, 5.74) is -0.157. The summed E-state index contributed by atoms with van der Waals surface area (Å²) in [6.07, 6.45) is 4.19. The summed E-state index contributed by atoms with van der Waals surface area (Å²) >= 11 is 0. The van der Waals surface area contributed by atoms with Crippen LogP contribution < -0.4 is 20.7 Å². The normalized spacial score (nSPS) is 16.6. The number of methoxy groups -OCH3 is 1. The number of hydrogen-bond acceptors (Lipinski definition) is 7. The molecule has 1 saturated heterocycles. The molecule has 0 atom stereocenters. The summed E-state index contributed by atoms with van der Waals surface area (Å²) in [5, 5.41) is 8.71. The molecule has 0 bridgehead atoms. The predicted molar refractivity (Wildman–Crippen MR) is 141 cm³/mol. The molecule has 0 unspecified atom stereocenters. The van der Waals surface area contributed by atoms with E-state index in [-0.39, 0.29) is 36.2 Å². The molecule has 1 aromatic heterocycles. The van der Waals surface area contributed by atoms with Crippen LogP contribution in [0.25, 0.3) is 0 Å². The molecule has 1 aliphatic heterocycles. The van der Waals surface area contributed by atoms with Gasteiger partial charge in [0.25, 0.3) is 5.91 Å². The minimum Gasteiger partial charge on any atom is -0.495 e. The van der Waals surface area contributed by atoms with Crippen LogP contribution in [0.1, 0.15) is 73.7 Å². The quantitative estimate of drug-likeness (QED) is 0.354. The first-order valence-corrected chi connectivity index (χ1v) is 13.5. The lowest BCUT2D eigenvalue weighted by molar-refractivity contribution is -0.137. The van der Waals surface area contributed by atoms with Gasteiger partial charge in [-0.25, -0.2) is 4.98 Å². The highest BCUT2D eigenvalue weighted by Gasteiger charge is 2.35. The first-order valence-electron chi connectivity index (χ1n) is 13.5. The molecule has 3 N–H and O–H groups in total. The fourth-order valence-electron chi connectivity index (χ4n) is 4.93. The largest absolute Gasteiger partial charge is 0.495 e. The van der Waals surface area contributed by atoms with E-state index in [1.807, 2.05) is 0 Å². The molecule has 39 heavy (non-hydrogen) atoms. The van der Waals surface area contributed by atoms with Crippen LogP contribution in [0.4, 0.5) is 30.6 Å². The van der Waals surface area contributed by atoms with Crippen LogP contribution in [0.5, 0.6) is 5.75 Å². The van der Waals surface area contributed by atoms with E-state index in [0.29, 0.717) is 42.9 Å². The average molecular weight is 549 g/mol. The number of aromatic nitrogens is 2. The van der Waals surface area contributed by atoms with E-state index in [1.165, 1.54) is 13.5 Å². The number of anilines is 3. The van der Waals surface area contributed by atoms with Crippen molar-refractivity contribution in [3.05, 3.63) is 35.5 Å². The third-order valence-corrected chi connectivity index (χ3v) is 7.06. The molecular formula is C27H35F3N6O3. The summed E-state index contributed by atoms with van der Waals surface area (Å²) in [6, 6.07) is 4.96. The number of halogens is 3. The van der Waals surface area contributed by atoms with Crippen LogP contribution in [0, 0.1) is 0 Å². The number of likely N-dealkylation sites (tertiary alicyclic amines) is 1. The van der Waals surface area contributed by atoms with Crippen molar-refractivity contribution >= 4 is 29.3 Å². The lowest BCUT2D eigenvalue weighted by Crippen LogP contribution is -2.36. The Bertz CT molecular complexity index is 1150. The smallest absolute Gasteiger partial charge is 0.421 e. The van der Waals surface area contributed by atoms with E-state index >= 15 is 0 Å². The first-order chi connectivity index (χ1) is 18.7. The Morgan fingerprint density at radius 2 is 1.95 bits per heavy atom. The zero-order valence-electron chi connectivity index (χ0n) is 22.1. The summed E-state index contributed by atoms with van der Waals surface area (Å²) in [6.45, 7) is 1.36. The van der Waals surface area contributed by atoms with Gasteiger partial charge < -0.3 is 25.6 Å². The molecule has 0 radical (unpaired) electrons. The van der Waals surface area contributed by atoms with E-state index in [1.54, 1.807) is 23.1 Å². The number of rotatable bonds is 10. The molecule has 4 rings (SSSR count). The Morgan fingerprint density at radius 3 is 2.67 bits per heavy atom. The van der Waals surface area contributed by atoms with E-state index in [2.05, 4.69) is 25.9 Å². The lowest BCUT2D eigenvalue weighted by Gasteiger charge is -2.26. The van der Waals surface area contributed by atoms with Crippen molar-refractivity contribution in [2.75, 3.05) is 37.4 Å². The van der Waals surface area contributed by atoms with Crippen LogP contribution in [0.15, 0.2) is 24.4 Å². The Balaban J connectivity index is 1.43. The van der Waals surface area contributed by atoms with Gasteiger partial charge in [-0.1, -0.05) is 19.3 Å². The summed E-state index contributed by atoms with van der Waals surface area (Å²) in [5.74, 6) is -0.204. The molecule has 9 nitrogen and oxygen atoms in total. The molecule has 1 aromatic carbocycles. The Labute approximate surface area is 225 Å². The van der Waals surface area contributed by atoms with Gasteiger partial charge in [-0.15, -0.1) is 0 Å². The van der Waals surface area contributed by atoms with Crippen LogP contribution in [0.3, 0.4) is 0 Å². The van der Waals surface area contributed by atoms with E-state index in [0.717, 1.165) is 44.7 Å². The minimum atomic E-state index is -4.64. The maximum atomic E-state index is 13.6. The molecule has 0 spiro atoms. The third kappa shape index (κ3) is 7.73. The maximum Gasteiger partial charge on any atom is 0.421 e. The standard InChI is InChI=1S/C27H35F3N6O3/c1-39-22-16-18(25(38)33-19-8-3-2-4-9-19)11-12-21(22)34-26-32-17-20(27(28,29)30)24(35-26)31-13-7-15-36-14-6-5-10-23(36)37/h11-12,16-17,19H,2-10,13-15H2,1H3,(H,33,38)(H2,31,32,34,35). The molecule has 12 heteroatoms. The van der Waals surface area contributed by atoms with Crippen molar-refractivity contribution in [3.8, 4) is 5.75 Å². The van der Waals surface area contributed by atoms with Gasteiger partial charge in [-0.3, -0.25) is 9.59 Å². The Hall–Kier alpha value is -3.57. The molecule has 1 aliphatic carbocycles. The monoisotopic (exact) mass is 548 g/mol.